The molecule has 0 amide bonds. The Morgan fingerprint density at radius 2 is 1.85 bits per heavy atom. The van der Waals surface area contributed by atoms with E-state index in [2.05, 4.69) is 18.7 Å². The largest absolute Gasteiger partial charge is 0.293 e. The van der Waals surface area contributed by atoms with Crippen molar-refractivity contribution in [1.29, 1.82) is 0 Å². The highest BCUT2D eigenvalue weighted by Gasteiger charge is 2.29. The lowest BCUT2D eigenvalue weighted by Gasteiger charge is -2.27. The summed E-state index contributed by atoms with van der Waals surface area (Å²) in [4.78, 5) is 15.1. The number of likely N-dealkylation sites (tertiary alicyclic amines) is 1. The van der Waals surface area contributed by atoms with Crippen LogP contribution in [-0.4, -0.2) is 29.8 Å². The smallest absolute Gasteiger partial charge is 0.180 e. The molecule has 0 saturated carbocycles. The Morgan fingerprint density at radius 3 is 2.40 bits per heavy atom. The second kappa shape index (κ2) is 6.93. The van der Waals surface area contributed by atoms with Gasteiger partial charge in [-0.15, -0.1) is 0 Å². The van der Waals surface area contributed by atoms with E-state index in [9.17, 15) is 4.79 Å². The Kier molecular flexibility index (Phi) is 5.48. The highest BCUT2D eigenvalue weighted by molar-refractivity contribution is 6.42. The lowest BCUT2D eigenvalue weighted by molar-refractivity contribution is 0.0822. The Balaban J connectivity index is 2.22. The molecule has 1 aliphatic heterocycles. The second-order valence-electron chi connectivity index (χ2n) is 5.88. The van der Waals surface area contributed by atoms with E-state index in [4.69, 9.17) is 23.2 Å². The predicted octanol–water partition coefficient (Wildman–Crippen LogP) is 4.69. The molecular formula is C16H21Cl2NO. The van der Waals surface area contributed by atoms with E-state index in [1.165, 1.54) is 12.8 Å². The van der Waals surface area contributed by atoms with Crippen molar-refractivity contribution in [2.24, 2.45) is 5.92 Å². The quantitative estimate of drug-likeness (QED) is 0.735. The zero-order chi connectivity index (χ0) is 14.7. The molecule has 1 unspecified atom stereocenters. The summed E-state index contributed by atoms with van der Waals surface area (Å²) in [7, 11) is 0. The third kappa shape index (κ3) is 3.75. The summed E-state index contributed by atoms with van der Waals surface area (Å²) < 4.78 is 0. The predicted molar refractivity (Wildman–Crippen MR) is 84.8 cm³/mol. The number of Topliss-reactive ketones (excluding diaryl/α,β-unsaturated/α-hetero) is 1. The van der Waals surface area contributed by atoms with Crippen LogP contribution in [0.25, 0.3) is 0 Å². The molecule has 0 aliphatic carbocycles. The maximum atomic E-state index is 12.8. The third-order valence-electron chi connectivity index (χ3n) is 3.78. The molecule has 1 saturated heterocycles. The van der Waals surface area contributed by atoms with Crippen LogP contribution in [0.5, 0.6) is 0 Å². The number of halogens is 2. The van der Waals surface area contributed by atoms with Crippen molar-refractivity contribution >= 4 is 29.0 Å². The molecule has 0 spiro atoms. The molecule has 0 N–H and O–H groups in total. The van der Waals surface area contributed by atoms with Gasteiger partial charge in [0, 0.05) is 5.56 Å². The van der Waals surface area contributed by atoms with Crippen molar-refractivity contribution in [3.05, 3.63) is 33.8 Å². The van der Waals surface area contributed by atoms with Crippen molar-refractivity contribution in [3.63, 3.8) is 0 Å². The molecule has 1 aliphatic rings. The minimum Gasteiger partial charge on any atom is -0.293 e. The summed E-state index contributed by atoms with van der Waals surface area (Å²) in [6.45, 7) is 6.35. The Labute approximate surface area is 131 Å². The minimum absolute atomic E-state index is 0.0326. The van der Waals surface area contributed by atoms with Crippen LogP contribution < -0.4 is 0 Å². The van der Waals surface area contributed by atoms with Gasteiger partial charge in [0.25, 0.3) is 0 Å². The first kappa shape index (κ1) is 15.8. The molecule has 2 rings (SSSR count). The number of carbonyl (C=O) groups is 1. The molecule has 1 aromatic carbocycles. The third-order valence-corrected chi connectivity index (χ3v) is 4.52. The van der Waals surface area contributed by atoms with Gasteiger partial charge < -0.3 is 0 Å². The number of carbonyl (C=O) groups excluding carboxylic acids is 1. The normalized spacial score (nSPS) is 17.6. The van der Waals surface area contributed by atoms with Gasteiger partial charge >= 0.3 is 0 Å². The first-order chi connectivity index (χ1) is 9.49. The molecule has 110 valence electrons. The molecule has 0 aromatic heterocycles. The fourth-order valence-corrected chi connectivity index (χ4v) is 3.06. The van der Waals surface area contributed by atoms with Gasteiger partial charge in [-0.25, -0.2) is 0 Å². The van der Waals surface area contributed by atoms with Crippen LogP contribution in [-0.2, 0) is 0 Å². The number of ketones is 1. The minimum atomic E-state index is -0.0326. The molecule has 20 heavy (non-hydrogen) atoms. The van der Waals surface area contributed by atoms with E-state index in [0.29, 0.717) is 21.5 Å². The molecule has 0 bridgehead atoms. The highest BCUT2D eigenvalue weighted by atomic mass is 35.5. The van der Waals surface area contributed by atoms with Gasteiger partial charge in [0.15, 0.2) is 5.78 Å². The van der Waals surface area contributed by atoms with E-state index in [-0.39, 0.29) is 11.8 Å². The average molecular weight is 314 g/mol. The van der Waals surface area contributed by atoms with Gasteiger partial charge in [0.05, 0.1) is 16.1 Å². The SMILES string of the molecule is CC(C)CC(C(=O)c1ccc(Cl)c(Cl)c1)N1CCCC1. The lowest BCUT2D eigenvalue weighted by Crippen LogP contribution is -2.40. The fraction of sp³-hybridized carbons (Fsp3) is 0.562. The number of benzene rings is 1. The van der Waals surface area contributed by atoms with E-state index in [1.807, 2.05) is 0 Å². The van der Waals surface area contributed by atoms with Gasteiger partial charge in [0.1, 0.15) is 0 Å². The molecule has 1 atom stereocenters. The molecule has 1 heterocycles. The number of hydrogen-bond donors (Lipinski definition) is 0. The molecule has 1 fully saturated rings. The monoisotopic (exact) mass is 313 g/mol. The Bertz CT molecular complexity index is 481. The van der Waals surface area contributed by atoms with Crippen LogP contribution >= 0.6 is 23.2 Å². The van der Waals surface area contributed by atoms with Crippen LogP contribution in [0.15, 0.2) is 18.2 Å². The van der Waals surface area contributed by atoms with Crippen molar-refractivity contribution < 1.29 is 4.79 Å². The number of hydrogen-bond acceptors (Lipinski definition) is 2. The van der Waals surface area contributed by atoms with Gasteiger partial charge in [-0.1, -0.05) is 37.0 Å². The molecule has 4 heteroatoms. The van der Waals surface area contributed by atoms with Crippen LogP contribution in [0, 0.1) is 5.92 Å². The van der Waals surface area contributed by atoms with Gasteiger partial charge in [-0.05, 0) is 56.5 Å². The van der Waals surface area contributed by atoms with Gasteiger partial charge in [-0.2, -0.15) is 0 Å². The average Bonchev–Trinajstić information content (AvgIpc) is 2.92. The Morgan fingerprint density at radius 1 is 1.20 bits per heavy atom. The second-order valence-corrected chi connectivity index (χ2v) is 6.70. The summed E-state index contributed by atoms with van der Waals surface area (Å²) in [5.41, 5.74) is 0.664. The topological polar surface area (TPSA) is 20.3 Å². The molecule has 0 radical (unpaired) electrons. The van der Waals surface area contributed by atoms with Crippen LogP contribution in [0.3, 0.4) is 0 Å². The van der Waals surface area contributed by atoms with E-state index >= 15 is 0 Å². The van der Waals surface area contributed by atoms with E-state index in [1.54, 1.807) is 18.2 Å². The van der Waals surface area contributed by atoms with Crippen molar-refractivity contribution in [3.8, 4) is 0 Å². The molecule has 2 nitrogen and oxygen atoms in total. The zero-order valence-electron chi connectivity index (χ0n) is 12.0. The van der Waals surface area contributed by atoms with Crippen molar-refractivity contribution in [2.75, 3.05) is 13.1 Å². The van der Waals surface area contributed by atoms with Gasteiger partial charge in [-0.3, -0.25) is 9.69 Å². The van der Waals surface area contributed by atoms with Crippen LogP contribution in [0.2, 0.25) is 10.0 Å². The maximum Gasteiger partial charge on any atom is 0.180 e. The standard InChI is InChI=1S/C16H21Cl2NO/c1-11(2)9-15(19-7-3-4-8-19)16(20)12-5-6-13(17)14(18)10-12/h5-6,10-11,15H,3-4,7-9H2,1-2H3. The van der Waals surface area contributed by atoms with Crippen LogP contribution in [0.1, 0.15) is 43.5 Å². The first-order valence-electron chi connectivity index (χ1n) is 7.22. The summed E-state index contributed by atoms with van der Waals surface area (Å²) in [5, 5.41) is 0.937. The molecular weight excluding hydrogens is 293 g/mol. The van der Waals surface area contributed by atoms with Gasteiger partial charge in [0.2, 0.25) is 0 Å². The van der Waals surface area contributed by atoms with E-state index < -0.39 is 0 Å². The molecule has 1 aromatic rings. The van der Waals surface area contributed by atoms with Crippen molar-refractivity contribution in [1.82, 2.24) is 4.90 Å². The summed E-state index contributed by atoms with van der Waals surface area (Å²) >= 11 is 12.0. The zero-order valence-corrected chi connectivity index (χ0v) is 13.5. The highest BCUT2D eigenvalue weighted by Crippen LogP contribution is 2.26. The van der Waals surface area contributed by atoms with E-state index in [0.717, 1.165) is 19.5 Å². The Hall–Kier alpha value is -0.570. The number of nitrogens with zero attached hydrogens (tertiary/aromatic N) is 1. The summed E-state index contributed by atoms with van der Waals surface area (Å²) in [6.07, 6.45) is 3.26. The van der Waals surface area contributed by atoms with Crippen LogP contribution in [0.4, 0.5) is 0 Å². The maximum absolute atomic E-state index is 12.8. The summed E-state index contributed by atoms with van der Waals surface area (Å²) in [6, 6.07) is 5.14. The summed E-state index contributed by atoms with van der Waals surface area (Å²) in [5.74, 6) is 0.659. The fourth-order valence-electron chi connectivity index (χ4n) is 2.76. The number of rotatable bonds is 5. The first-order valence-corrected chi connectivity index (χ1v) is 7.98. The van der Waals surface area contributed by atoms with Crippen molar-refractivity contribution in [2.45, 2.75) is 39.2 Å². The lowest BCUT2D eigenvalue weighted by atomic mass is 9.95.